The Kier molecular flexibility index (Phi) is 7.17. The number of nitrogens with zero attached hydrogens (tertiary/aromatic N) is 1. The van der Waals surface area contributed by atoms with Gasteiger partial charge in [-0.05, 0) is 87.6 Å². The van der Waals surface area contributed by atoms with Crippen molar-refractivity contribution >= 4 is 71.7 Å². The normalized spacial score (nSPS) is 11.6. The van der Waals surface area contributed by atoms with Gasteiger partial charge in [-0.15, -0.1) is 0 Å². The molecule has 55 heavy (non-hydrogen) atoms. The molecule has 0 unspecified atom stereocenters. The molecule has 0 atom stereocenters. The molecule has 0 aliphatic heterocycles. The lowest BCUT2D eigenvalue weighted by Crippen LogP contribution is -2.11. The van der Waals surface area contributed by atoms with Crippen molar-refractivity contribution in [3.05, 3.63) is 200 Å². The molecule has 0 aliphatic rings. The Labute approximate surface area is 317 Å². The van der Waals surface area contributed by atoms with E-state index in [9.17, 15) is 0 Å². The molecule has 258 valence electrons. The standard InChI is InChI=1S/C52H33NO2/c1-2-11-34(12-3-1)35-21-27-39(28-22-35)53(40-29-23-36(24-30-40)43-16-10-17-45-44-14-5-8-19-48(44)55-52(43)45)47-18-7-4-13-41(47)37-25-31-42-38(33-37)26-32-50-51(42)46-15-6-9-20-49(46)54-50/h1-33H. The second kappa shape index (κ2) is 12.6. The molecular weight excluding hydrogens is 671 g/mol. The first-order valence-electron chi connectivity index (χ1n) is 18.7. The van der Waals surface area contributed by atoms with Crippen molar-refractivity contribution in [1.82, 2.24) is 0 Å². The van der Waals surface area contributed by atoms with Crippen LogP contribution in [0.25, 0.3) is 88.0 Å². The molecule has 0 saturated heterocycles. The SMILES string of the molecule is c1ccc(-c2ccc(N(c3ccc(-c4cccc5c4oc4ccccc45)cc3)c3ccccc3-c3ccc4c(ccc5oc6ccccc6c54)c3)cc2)cc1. The highest BCUT2D eigenvalue weighted by Gasteiger charge is 2.19. The summed E-state index contributed by atoms with van der Waals surface area (Å²) in [7, 11) is 0. The summed E-state index contributed by atoms with van der Waals surface area (Å²) in [6.45, 7) is 0. The van der Waals surface area contributed by atoms with Gasteiger partial charge in [-0.3, -0.25) is 0 Å². The summed E-state index contributed by atoms with van der Waals surface area (Å²) in [5, 5.41) is 6.92. The molecule has 9 aromatic carbocycles. The molecule has 11 aromatic rings. The third-order valence-electron chi connectivity index (χ3n) is 10.9. The van der Waals surface area contributed by atoms with Crippen LogP contribution >= 0.6 is 0 Å². The molecule has 0 N–H and O–H groups in total. The van der Waals surface area contributed by atoms with Crippen LogP contribution in [0.2, 0.25) is 0 Å². The van der Waals surface area contributed by atoms with E-state index in [-0.39, 0.29) is 0 Å². The van der Waals surface area contributed by atoms with Crippen molar-refractivity contribution in [2.24, 2.45) is 0 Å². The van der Waals surface area contributed by atoms with Gasteiger partial charge in [-0.25, -0.2) is 0 Å². The minimum absolute atomic E-state index is 0.902. The third-order valence-corrected chi connectivity index (χ3v) is 10.9. The highest BCUT2D eigenvalue weighted by Crippen LogP contribution is 2.44. The van der Waals surface area contributed by atoms with E-state index >= 15 is 0 Å². The van der Waals surface area contributed by atoms with Gasteiger partial charge in [0, 0.05) is 44.0 Å². The molecule has 0 spiro atoms. The first-order chi connectivity index (χ1) is 27.3. The number of benzene rings is 9. The molecule has 0 fully saturated rings. The van der Waals surface area contributed by atoms with E-state index in [1.165, 1.54) is 21.9 Å². The van der Waals surface area contributed by atoms with E-state index in [0.717, 1.165) is 83.2 Å². The van der Waals surface area contributed by atoms with E-state index in [0.29, 0.717) is 0 Å². The van der Waals surface area contributed by atoms with Crippen LogP contribution in [0.1, 0.15) is 0 Å². The monoisotopic (exact) mass is 703 g/mol. The maximum atomic E-state index is 6.42. The molecular formula is C52H33NO2. The third kappa shape index (κ3) is 5.20. The number of hydrogen-bond donors (Lipinski definition) is 0. The van der Waals surface area contributed by atoms with Gasteiger partial charge in [0.1, 0.15) is 22.3 Å². The Morgan fingerprint density at radius 3 is 1.73 bits per heavy atom. The maximum Gasteiger partial charge on any atom is 0.143 e. The highest BCUT2D eigenvalue weighted by atomic mass is 16.3. The Morgan fingerprint density at radius 1 is 0.327 bits per heavy atom. The molecule has 11 rings (SSSR count). The second-order valence-electron chi connectivity index (χ2n) is 14.1. The van der Waals surface area contributed by atoms with Crippen LogP contribution in [0.15, 0.2) is 209 Å². The summed E-state index contributed by atoms with van der Waals surface area (Å²) in [5.41, 5.74) is 13.7. The first kappa shape index (κ1) is 31.2. The molecule has 0 bridgehead atoms. The summed E-state index contributed by atoms with van der Waals surface area (Å²) < 4.78 is 12.6. The molecule has 3 heteroatoms. The van der Waals surface area contributed by atoms with Crippen molar-refractivity contribution in [1.29, 1.82) is 0 Å². The Morgan fingerprint density at radius 2 is 0.927 bits per heavy atom. The summed E-state index contributed by atoms with van der Waals surface area (Å²) >= 11 is 0. The Hall–Kier alpha value is -7.36. The van der Waals surface area contributed by atoms with E-state index in [1.54, 1.807) is 0 Å². The van der Waals surface area contributed by atoms with Gasteiger partial charge in [0.25, 0.3) is 0 Å². The number of para-hydroxylation sites is 4. The fourth-order valence-electron chi connectivity index (χ4n) is 8.26. The number of anilines is 3. The van der Waals surface area contributed by atoms with Crippen LogP contribution in [0.4, 0.5) is 17.1 Å². The summed E-state index contributed by atoms with van der Waals surface area (Å²) in [6.07, 6.45) is 0. The van der Waals surface area contributed by atoms with E-state index in [1.807, 2.05) is 24.3 Å². The largest absolute Gasteiger partial charge is 0.456 e. The second-order valence-corrected chi connectivity index (χ2v) is 14.1. The highest BCUT2D eigenvalue weighted by molar-refractivity contribution is 6.19. The fraction of sp³-hybridized carbons (Fsp3) is 0. The number of rotatable bonds is 6. The topological polar surface area (TPSA) is 29.5 Å². The van der Waals surface area contributed by atoms with Crippen molar-refractivity contribution < 1.29 is 8.83 Å². The van der Waals surface area contributed by atoms with E-state index in [4.69, 9.17) is 8.83 Å². The molecule has 0 saturated carbocycles. The fourth-order valence-corrected chi connectivity index (χ4v) is 8.26. The zero-order chi connectivity index (χ0) is 36.3. The lowest BCUT2D eigenvalue weighted by Gasteiger charge is -2.28. The van der Waals surface area contributed by atoms with Gasteiger partial charge in [0.15, 0.2) is 0 Å². The van der Waals surface area contributed by atoms with Crippen LogP contribution in [-0.2, 0) is 0 Å². The quantitative estimate of drug-likeness (QED) is 0.173. The molecule has 0 radical (unpaired) electrons. The lowest BCUT2D eigenvalue weighted by molar-refractivity contribution is 0.669. The molecule has 3 nitrogen and oxygen atoms in total. The van der Waals surface area contributed by atoms with E-state index < -0.39 is 0 Å². The molecule has 2 heterocycles. The van der Waals surface area contributed by atoms with Gasteiger partial charge in [0.05, 0.1) is 5.69 Å². The predicted molar refractivity (Wildman–Crippen MR) is 229 cm³/mol. The summed E-state index contributed by atoms with van der Waals surface area (Å²) in [6, 6.07) is 71.0. The lowest BCUT2D eigenvalue weighted by atomic mass is 9.96. The average molecular weight is 704 g/mol. The van der Waals surface area contributed by atoms with Crippen molar-refractivity contribution in [3.63, 3.8) is 0 Å². The molecule has 0 amide bonds. The van der Waals surface area contributed by atoms with Crippen LogP contribution < -0.4 is 4.90 Å². The van der Waals surface area contributed by atoms with Gasteiger partial charge in [-0.2, -0.15) is 0 Å². The Bertz CT molecular complexity index is 3190. The van der Waals surface area contributed by atoms with Crippen LogP contribution in [-0.4, -0.2) is 0 Å². The van der Waals surface area contributed by atoms with Crippen molar-refractivity contribution in [2.75, 3.05) is 4.90 Å². The summed E-state index contributed by atoms with van der Waals surface area (Å²) in [5.74, 6) is 0. The van der Waals surface area contributed by atoms with E-state index in [2.05, 4.69) is 181 Å². The smallest absolute Gasteiger partial charge is 0.143 e. The van der Waals surface area contributed by atoms with Crippen LogP contribution in [0, 0.1) is 0 Å². The predicted octanol–water partition coefficient (Wildman–Crippen LogP) is 15.1. The Balaban J connectivity index is 1.05. The van der Waals surface area contributed by atoms with Crippen LogP contribution in [0.3, 0.4) is 0 Å². The van der Waals surface area contributed by atoms with Gasteiger partial charge >= 0.3 is 0 Å². The van der Waals surface area contributed by atoms with Crippen LogP contribution in [0.5, 0.6) is 0 Å². The zero-order valence-electron chi connectivity index (χ0n) is 29.8. The number of fused-ring (bicyclic) bond motifs is 8. The molecule has 0 aliphatic carbocycles. The number of hydrogen-bond acceptors (Lipinski definition) is 3. The minimum Gasteiger partial charge on any atom is -0.456 e. The number of furan rings is 2. The zero-order valence-corrected chi connectivity index (χ0v) is 29.8. The minimum atomic E-state index is 0.902. The van der Waals surface area contributed by atoms with Gasteiger partial charge in [0.2, 0.25) is 0 Å². The van der Waals surface area contributed by atoms with Gasteiger partial charge in [-0.1, -0.05) is 146 Å². The van der Waals surface area contributed by atoms with Crippen molar-refractivity contribution in [3.8, 4) is 33.4 Å². The maximum absolute atomic E-state index is 6.42. The average Bonchev–Trinajstić information content (AvgIpc) is 3.84. The first-order valence-corrected chi connectivity index (χ1v) is 18.7. The van der Waals surface area contributed by atoms with Gasteiger partial charge < -0.3 is 13.7 Å². The molecule has 2 aromatic heterocycles. The summed E-state index contributed by atoms with van der Waals surface area (Å²) in [4.78, 5) is 2.37. The van der Waals surface area contributed by atoms with Crippen molar-refractivity contribution in [2.45, 2.75) is 0 Å².